The molecule has 0 aromatic heterocycles. The van der Waals surface area contributed by atoms with E-state index in [0.717, 1.165) is 0 Å². The van der Waals surface area contributed by atoms with Crippen LogP contribution in [-0.4, -0.2) is 11.1 Å². The summed E-state index contributed by atoms with van der Waals surface area (Å²) in [4.78, 5) is 10.7. The molecule has 1 rings (SSSR count). The van der Waals surface area contributed by atoms with Crippen LogP contribution >= 0.6 is 11.6 Å². The van der Waals surface area contributed by atoms with Crippen molar-refractivity contribution >= 4 is 17.6 Å². The molecule has 0 aliphatic carbocycles. The lowest BCUT2D eigenvalue weighted by Gasteiger charge is -2.30. The van der Waals surface area contributed by atoms with E-state index in [1.54, 1.807) is 13.8 Å². The molecular formula is C12H15ClFNO2. The Balaban J connectivity index is 2.98. The Kier molecular flexibility index (Phi) is 4.11. The van der Waals surface area contributed by atoms with Crippen LogP contribution in [0.25, 0.3) is 0 Å². The summed E-state index contributed by atoms with van der Waals surface area (Å²) in [6.07, 6.45) is -0.0663. The molecule has 17 heavy (non-hydrogen) atoms. The summed E-state index contributed by atoms with van der Waals surface area (Å²) in [7, 11) is 0. The standard InChI is InChI=1S/C12H15ClFNO2/c1-12(2,6-10(16)17)11(15)7-3-4-9(14)8(13)5-7/h3-5,11H,6,15H2,1-2H3,(H,16,17). The summed E-state index contributed by atoms with van der Waals surface area (Å²) < 4.78 is 13.0. The van der Waals surface area contributed by atoms with Crippen LogP contribution in [0.2, 0.25) is 5.02 Å². The van der Waals surface area contributed by atoms with Crippen molar-refractivity contribution in [2.75, 3.05) is 0 Å². The zero-order chi connectivity index (χ0) is 13.2. The fourth-order valence-corrected chi connectivity index (χ4v) is 1.85. The normalized spacial score (nSPS) is 13.5. The van der Waals surface area contributed by atoms with Gasteiger partial charge in [0, 0.05) is 6.04 Å². The van der Waals surface area contributed by atoms with Crippen molar-refractivity contribution in [2.45, 2.75) is 26.3 Å². The molecule has 1 aromatic rings. The van der Waals surface area contributed by atoms with Gasteiger partial charge in [-0.05, 0) is 23.1 Å². The second-order valence-corrected chi connectivity index (χ2v) is 5.12. The van der Waals surface area contributed by atoms with E-state index in [1.807, 2.05) is 0 Å². The van der Waals surface area contributed by atoms with Gasteiger partial charge in [-0.25, -0.2) is 4.39 Å². The van der Waals surface area contributed by atoms with Gasteiger partial charge in [-0.2, -0.15) is 0 Å². The zero-order valence-corrected chi connectivity index (χ0v) is 10.5. The first-order chi connectivity index (χ1) is 7.74. The third-order valence-corrected chi connectivity index (χ3v) is 3.04. The van der Waals surface area contributed by atoms with Crippen molar-refractivity contribution in [3.05, 3.63) is 34.6 Å². The monoisotopic (exact) mass is 259 g/mol. The van der Waals surface area contributed by atoms with Crippen molar-refractivity contribution in [3.8, 4) is 0 Å². The minimum Gasteiger partial charge on any atom is -0.481 e. The van der Waals surface area contributed by atoms with Crippen molar-refractivity contribution in [1.29, 1.82) is 0 Å². The molecule has 0 radical (unpaired) electrons. The number of halogens is 2. The Hall–Kier alpha value is -1.13. The molecule has 0 fully saturated rings. The molecule has 1 atom stereocenters. The largest absolute Gasteiger partial charge is 0.481 e. The lowest BCUT2D eigenvalue weighted by molar-refractivity contribution is -0.139. The van der Waals surface area contributed by atoms with Gasteiger partial charge in [-0.15, -0.1) is 0 Å². The van der Waals surface area contributed by atoms with Gasteiger partial charge in [0.05, 0.1) is 11.4 Å². The third-order valence-electron chi connectivity index (χ3n) is 2.75. The number of rotatable bonds is 4. The number of nitrogens with two attached hydrogens (primary N) is 1. The van der Waals surface area contributed by atoms with Gasteiger partial charge in [-0.3, -0.25) is 4.79 Å². The van der Waals surface area contributed by atoms with Crippen LogP contribution in [0, 0.1) is 11.2 Å². The minimum absolute atomic E-state index is 0.0101. The maximum Gasteiger partial charge on any atom is 0.303 e. The number of aliphatic carboxylic acids is 1. The first-order valence-corrected chi connectivity index (χ1v) is 5.54. The molecule has 0 aliphatic rings. The molecule has 94 valence electrons. The number of hydrogen-bond acceptors (Lipinski definition) is 2. The highest BCUT2D eigenvalue weighted by Gasteiger charge is 2.30. The quantitative estimate of drug-likeness (QED) is 0.874. The van der Waals surface area contributed by atoms with E-state index >= 15 is 0 Å². The van der Waals surface area contributed by atoms with Gasteiger partial charge in [-0.1, -0.05) is 31.5 Å². The molecule has 0 heterocycles. The fraction of sp³-hybridized carbons (Fsp3) is 0.417. The molecule has 0 aliphatic heterocycles. The van der Waals surface area contributed by atoms with E-state index in [9.17, 15) is 9.18 Å². The van der Waals surface area contributed by atoms with Crippen LogP contribution in [-0.2, 0) is 4.79 Å². The van der Waals surface area contributed by atoms with E-state index < -0.39 is 23.2 Å². The highest BCUT2D eigenvalue weighted by atomic mass is 35.5. The van der Waals surface area contributed by atoms with E-state index in [1.165, 1.54) is 18.2 Å². The zero-order valence-electron chi connectivity index (χ0n) is 9.71. The number of carboxylic acids is 1. The highest BCUT2D eigenvalue weighted by Crippen LogP contribution is 2.35. The first kappa shape index (κ1) is 13.9. The van der Waals surface area contributed by atoms with Crippen LogP contribution in [0.4, 0.5) is 4.39 Å². The van der Waals surface area contributed by atoms with Gasteiger partial charge in [0.2, 0.25) is 0 Å². The predicted molar refractivity (Wildman–Crippen MR) is 64.4 cm³/mol. The minimum atomic E-state index is -0.918. The van der Waals surface area contributed by atoms with Gasteiger partial charge in [0.25, 0.3) is 0 Å². The summed E-state index contributed by atoms with van der Waals surface area (Å²) >= 11 is 5.67. The van der Waals surface area contributed by atoms with Crippen LogP contribution in [0.5, 0.6) is 0 Å². The Labute approximate surface area is 104 Å². The Morgan fingerprint density at radius 2 is 2.18 bits per heavy atom. The van der Waals surface area contributed by atoms with E-state index in [0.29, 0.717) is 5.56 Å². The van der Waals surface area contributed by atoms with Gasteiger partial charge in [0.1, 0.15) is 5.82 Å². The fourth-order valence-electron chi connectivity index (χ4n) is 1.66. The Bertz CT molecular complexity index is 435. The van der Waals surface area contributed by atoms with Gasteiger partial charge in [0.15, 0.2) is 0 Å². The lowest BCUT2D eigenvalue weighted by Crippen LogP contribution is -2.31. The van der Waals surface area contributed by atoms with E-state index in [-0.39, 0.29) is 11.4 Å². The molecule has 0 bridgehead atoms. The predicted octanol–water partition coefficient (Wildman–Crippen LogP) is 2.98. The molecule has 1 aromatic carbocycles. The number of carbonyl (C=O) groups is 1. The molecule has 0 saturated heterocycles. The second kappa shape index (κ2) is 5.02. The second-order valence-electron chi connectivity index (χ2n) is 4.71. The molecule has 1 unspecified atom stereocenters. The molecule has 3 nitrogen and oxygen atoms in total. The van der Waals surface area contributed by atoms with E-state index in [2.05, 4.69) is 0 Å². The van der Waals surface area contributed by atoms with Crippen LogP contribution < -0.4 is 5.73 Å². The summed E-state index contributed by atoms with van der Waals surface area (Å²) in [5.74, 6) is -1.43. The Morgan fingerprint density at radius 3 is 2.65 bits per heavy atom. The topological polar surface area (TPSA) is 63.3 Å². The van der Waals surface area contributed by atoms with Crippen molar-refractivity contribution < 1.29 is 14.3 Å². The number of carboxylic acid groups (broad SMARTS) is 1. The third kappa shape index (κ3) is 3.41. The summed E-state index contributed by atoms with van der Waals surface area (Å²) in [6.45, 7) is 3.51. The molecule has 5 heteroatoms. The average Bonchev–Trinajstić information content (AvgIpc) is 2.19. The van der Waals surface area contributed by atoms with Gasteiger partial charge < -0.3 is 10.8 Å². The summed E-state index contributed by atoms with van der Waals surface area (Å²) in [5.41, 5.74) is 5.99. The van der Waals surface area contributed by atoms with Gasteiger partial charge >= 0.3 is 5.97 Å². The molecule has 0 amide bonds. The lowest BCUT2D eigenvalue weighted by atomic mass is 9.78. The van der Waals surface area contributed by atoms with Crippen molar-refractivity contribution in [2.24, 2.45) is 11.1 Å². The summed E-state index contributed by atoms with van der Waals surface area (Å²) in [6, 6.07) is 3.67. The maximum absolute atomic E-state index is 13.0. The smallest absolute Gasteiger partial charge is 0.303 e. The molecule has 3 N–H and O–H groups in total. The van der Waals surface area contributed by atoms with Crippen LogP contribution in [0.1, 0.15) is 31.9 Å². The molecule has 0 saturated carbocycles. The average molecular weight is 260 g/mol. The SMILES string of the molecule is CC(C)(CC(=O)O)C(N)c1ccc(F)c(Cl)c1. The first-order valence-electron chi connectivity index (χ1n) is 5.16. The number of hydrogen-bond donors (Lipinski definition) is 2. The summed E-state index contributed by atoms with van der Waals surface area (Å²) in [5, 5.41) is 8.79. The van der Waals surface area contributed by atoms with E-state index in [4.69, 9.17) is 22.4 Å². The van der Waals surface area contributed by atoms with Crippen LogP contribution in [0.3, 0.4) is 0 Å². The molecule has 0 spiro atoms. The molecular weight excluding hydrogens is 245 g/mol. The number of benzene rings is 1. The Morgan fingerprint density at radius 1 is 1.59 bits per heavy atom. The van der Waals surface area contributed by atoms with Crippen molar-refractivity contribution in [1.82, 2.24) is 0 Å². The highest BCUT2D eigenvalue weighted by molar-refractivity contribution is 6.30. The van der Waals surface area contributed by atoms with Crippen molar-refractivity contribution in [3.63, 3.8) is 0 Å². The maximum atomic E-state index is 13.0. The van der Waals surface area contributed by atoms with Crippen LogP contribution in [0.15, 0.2) is 18.2 Å².